The van der Waals surface area contributed by atoms with Crippen molar-refractivity contribution in [3.63, 3.8) is 0 Å². The van der Waals surface area contributed by atoms with Gasteiger partial charge in [0.2, 0.25) is 0 Å². The van der Waals surface area contributed by atoms with Crippen LogP contribution in [-0.4, -0.2) is 17.6 Å². The second-order valence-electron chi connectivity index (χ2n) is 5.22. The second kappa shape index (κ2) is 7.60. The summed E-state index contributed by atoms with van der Waals surface area (Å²) in [6, 6.07) is 4.48. The maximum Gasteiger partial charge on any atom is 0.103 e. The predicted molar refractivity (Wildman–Crippen MR) is 84.4 cm³/mol. The molecule has 1 unspecified atom stereocenters. The molecule has 2 rings (SSSR count). The number of hydrogen-bond donors (Lipinski definition) is 1. The van der Waals surface area contributed by atoms with Gasteiger partial charge in [-0.05, 0) is 45.4 Å². The van der Waals surface area contributed by atoms with Gasteiger partial charge in [-0.15, -0.1) is 11.3 Å². The minimum Gasteiger partial charge on any atom is -0.469 e. The Labute approximate surface area is 125 Å². The number of thiazole rings is 1. The Kier molecular flexibility index (Phi) is 5.80. The van der Waals surface area contributed by atoms with Crippen LogP contribution in [-0.2, 0) is 12.8 Å². The van der Waals surface area contributed by atoms with Crippen molar-refractivity contribution in [1.29, 1.82) is 0 Å². The summed E-state index contributed by atoms with van der Waals surface area (Å²) >= 11 is 1.82. The highest BCUT2D eigenvalue weighted by atomic mass is 32.1. The van der Waals surface area contributed by atoms with Gasteiger partial charge < -0.3 is 9.73 Å². The molecule has 0 bridgehead atoms. The van der Waals surface area contributed by atoms with E-state index >= 15 is 0 Å². The van der Waals surface area contributed by atoms with Crippen molar-refractivity contribution >= 4 is 11.3 Å². The molecule has 1 N–H and O–H groups in total. The van der Waals surface area contributed by atoms with Gasteiger partial charge in [0.15, 0.2) is 0 Å². The van der Waals surface area contributed by atoms with Crippen molar-refractivity contribution in [2.24, 2.45) is 0 Å². The molecular formula is C16H24N2OS. The molecule has 0 aliphatic carbocycles. The first-order valence-corrected chi connectivity index (χ1v) is 8.19. The first-order valence-electron chi connectivity index (χ1n) is 7.37. The number of aryl methyl sites for hydroxylation is 3. The third-order valence-electron chi connectivity index (χ3n) is 3.50. The highest BCUT2D eigenvalue weighted by Crippen LogP contribution is 2.19. The molecular weight excluding hydrogens is 268 g/mol. The minimum atomic E-state index is 0.477. The van der Waals surface area contributed by atoms with Gasteiger partial charge in [0.05, 0.1) is 17.0 Å². The third kappa shape index (κ3) is 4.46. The van der Waals surface area contributed by atoms with Gasteiger partial charge in [0, 0.05) is 23.8 Å². The molecule has 2 heterocycles. The third-order valence-corrected chi connectivity index (χ3v) is 4.59. The molecule has 0 aromatic carbocycles. The number of nitrogens with one attached hydrogen (secondary N) is 1. The molecule has 20 heavy (non-hydrogen) atoms. The van der Waals surface area contributed by atoms with Crippen molar-refractivity contribution in [3.05, 3.63) is 39.7 Å². The average Bonchev–Trinajstić information content (AvgIpc) is 3.04. The smallest absolute Gasteiger partial charge is 0.103 e. The second-order valence-corrected chi connectivity index (χ2v) is 6.51. The zero-order valence-corrected chi connectivity index (χ0v) is 13.4. The van der Waals surface area contributed by atoms with E-state index in [0.717, 1.165) is 38.0 Å². The van der Waals surface area contributed by atoms with Crippen LogP contribution >= 0.6 is 11.3 Å². The molecule has 0 saturated heterocycles. The number of nitrogens with zero attached hydrogens (tertiary/aromatic N) is 1. The van der Waals surface area contributed by atoms with Gasteiger partial charge >= 0.3 is 0 Å². The minimum absolute atomic E-state index is 0.477. The topological polar surface area (TPSA) is 38.1 Å². The predicted octanol–water partition coefficient (Wildman–Crippen LogP) is 3.90. The van der Waals surface area contributed by atoms with Crippen molar-refractivity contribution in [3.8, 4) is 0 Å². The Hall–Kier alpha value is -1.13. The molecule has 0 amide bonds. The largest absolute Gasteiger partial charge is 0.469 e. The fourth-order valence-corrected chi connectivity index (χ4v) is 3.25. The number of rotatable bonds is 8. The molecule has 2 aromatic rings. The van der Waals surface area contributed by atoms with Crippen molar-refractivity contribution in [2.75, 3.05) is 6.54 Å². The summed E-state index contributed by atoms with van der Waals surface area (Å²) in [5.41, 5.74) is 1.17. The van der Waals surface area contributed by atoms with Crippen LogP contribution in [0.5, 0.6) is 0 Å². The van der Waals surface area contributed by atoms with E-state index in [1.165, 1.54) is 15.6 Å². The van der Waals surface area contributed by atoms with Crippen molar-refractivity contribution in [1.82, 2.24) is 10.3 Å². The molecule has 110 valence electrons. The number of furan rings is 1. The van der Waals surface area contributed by atoms with E-state index in [1.54, 1.807) is 6.26 Å². The van der Waals surface area contributed by atoms with E-state index in [4.69, 9.17) is 4.42 Å². The standard InChI is InChI=1S/C16H24N2OS/c1-4-9-17-14(7-8-15-6-5-10-19-15)11-16-18-12(2)13(3)20-16/h5-6,10,14,17H,4,7-9,11H2,1-3H3. The van der Waals surface area contributed by atoms with E-state index in [-0.39, 0.29) is 0 Å². The van der Waals surface area contributed by atoms with Gasteiger partial charge in [-0.25, -0.2) is 4.98 Å². The molecule has 1 atom stereocenters. The van der Waals surface area contributed by atoms with Gasteiger partial charge in [0.25, 0.3) is 0 Å². The summed E-state index contributed by atoms with van der Waals surface area (Å²) < 4.78 is 5.42. The monoisotopic (exact) mass is 292 g/mol. The van der Waals surface area contributed by atoms with Crippen LogP contribution in [0.25, 0.3) is 0 Å². The Bertz CT molecular complexity index is 485. The lowest BCUT2D eigenvalue weighted by Gasteiger charge is -2.16. The summed E-state index contributed by atoms with van der Waals surface area (Å²) in [5, 5.41) is 4.88. The summed E-state index contributed by atoms with van der Waals surface area (Å²) in [6.45, 7) is 7.50. The van der Waals surface area contributed by atoms with Gasteiger partial charge in [-0.3, -0.25) is 0 Å². The summed E-state index contributed by atoms with van der Waals surface area (Å²) in [6.07, 6.45) is 5.99. The van der Waals surface area contributed by atoms with E-state index in [0.29, 0.717) is 6.04 Å². The molecule has 0 fully saturated rings. The summed E-state index contributed by atoms with van der Waals surface area (Å²) in [7, 11) is 0. The molecule has 3 nitrogen and oxygen atoms in total. The number of aromatic nitrogens is 1. The zero-order valence-electron chi connectivity index (χ0n) is 12.6. The number of hydrogen-bond acceptors (Lipinski definition) is 4. The molecule has 0 aliphatic heterocycles. The average molecular weight is 292 g/mol. The summed E-state index contributed by atoms with van der Waals surface area (Å²) in [5.74, 6) is 1.07. The fraction of sp³-hybridized carbons (Fsp3) is 0.562. The maximum atomic E-state index is 5.42. The fourth-order valence-electron chi connectivity index (χ4n) is 2.23. The van der Waals surface area contributed by atoms with Crippen LogP contribution in [0.3, 0.4) is 0 Å². The Balaban J connectivity index is 1.92. The normalized spacial score (nSPS) is 12.8. The Morgan fingerprint density at radius 3 is 2.85 bits per heavy atom. The Morgan fingerprint density at radius 2 is 2.25 bits per heavy atom. The van der Waals surface area contributed by atoms with Gasteiger partial charge in [-0.2, -0.15) is 0 Å². The highest BCUT2D eigenvalue weighted by Gasteiger charge is 2.13. The lowest BCUT2D eigenvalue weighted by molar-refractivity contribution is 0.441. The molecule has 2 aromatic heterocycles. The molecule has 0 radical (unpaired) electrons. The van der Waals surface area contributed by atoms with Crippen molar-refractivity contribution < 1.29 is 4.42 Å². The van der Waals surface area contributed by atoms with Crippen molar-refractivity contribution in [2.45, 2.75) is 52.5 Å². The zero-order chi connectivity index (χ0) is 14.4. The molecule has 4 heteroatoms. The molecule has 0 aliphatic rings. The van der Waals surface area contributed by atoms with E-state index < -0.39 is 0 Å². The van der Waals surface area contributed by atoms with Crippen LogP contribution in [0.2, 0.25) is 0 Å². The first-order chi connectivity index (χ1) is 9.69. The van der Waals surface area contributed by atoms with E-state index in [9.17, 15) is 0 Å². The van der Waals surface area contributed by atoms with Gasteiger partial charge in [-0.1, -0.05) is 6.92 Å². The van der Waals surface area contributed by atoms with E-state index in [1.807, 2.05) is 17.4 Å². The highest BCUT2D eigenvalue weighted by molar-refractivity contribution is 7.11. The SMILES string of the molecule is CCCNC(CCc1ccco1)Cc1nc(C)c(C)s1. The summed E-state index contributed by atoms with van der Waals surface area (Å²) in [4.78, 5) is 5.99. The maximum absolute atomic E-state index is 5.42. The lowest BCUT2D eigenvalue weighted by Crippen LogP contribution is -2.32. The van der Waals surface area contributed by atoms with Gasteiger partial charge in [0.1, 0.15) is 5.76 Å². The molecule has 0 saturated carbocycles. The van der Waals surface area contributed by atoms with Crippen LogP contribution < -0.4 is 5.32 Å². The lowest BCUT2D eigenvalue weighted by atomic mass is 10.1. The first kappa shape index (κ1) is 15.3. The quantitative estimate of drug-likeness (QED) is 0.802. The molecule has 0 spiro atoms. The van der Waals surface area contributed by atoms with Crippen LogP contribution in [0.15, 0.2) is 22.8 Å². The van der Waals surface area contributed by atoms with Crippen LogP contribution in [0.1, 0.15) is 41.1 Å². The van der Waals surface area contributed by atoms with Crippen LogP contribution in [0, 0.1) is 13.8 Å². The Morgan fingerprint density at radius 1 is 1.40 bits per heavy atom. The van der Waals surface area contributed by atoms with Crippen LogP contribution in [0.4, 0.5) is 0 Å². The van der Waals surface area contributed by atoms with E-state index in [2.05, 4.69) is 37.1 Å².